The predicted octanol–water partition coefficient (Wildman–Crippen LogP) is 5.42. The zero-order valence-corrected chi connectivity index (χ0v) is 19.6. The minimum Gasteiger partial charge on any atom is -0.392 e. The van der Waals surface area contributed by atoms with Gasteiger partial charge in [-0.3, -0.25) is 0 Å². The van der Waals surface area contributed by atoms with E-state index in [1.165, 1.54) is 43.3 Å². The van der Waals surface area contributed by atoms with Gasteiger partial charge in [-0.05, 0) is 55.1 Å². The van der Waals surface area contributed by atoms with Crippen molar-refractivity contribution in [3.05, 3.63) is 83.1 Å². The number of hydrogen-bond donors (Lipinski definition) is 0. The molecule has 2 aromatic carbocycles. The summed E-state index contributed by atoms with van der Waals surface area (Å²) in [5.41, 5.74) is 6.23. The van der Waals surface area contributed by atoms with E-state index in [4.69, 9.17) is 0 Å². The minimum atomic E-state index is -1.57. The first kappa shape index (κ1) is 20.2. The van der Waals surface area contributed by atoms with Gasteiger partial charge in [0.05, 0.1) is 0 Å². The summed E-state index contributed by atoms with van der Waals surface area (Å²) in [5.74, 6) is 0.527. The maximum Gasteiger partial charge on any atom is 0.204 e. The Morgan fingerprint density at radius 1 is 0.724 bits per heavy atom. The van der Waals surface area contributed by atoms with Crippen LogP contribution in [0.2, 0.25) is 0 Å². The molecule has 152 valence electrons. The molecule has 1 unspecified atom stereocenters. The lowest BCUT2D eigenvalue weighted by Crippen LogP contribution is -2.60. The Kier molecular flexibility index (Phi) is 6.10. The fourth-order valence-corrected chi connectivity index (χ4v) is 9.07. The lowest BCUT2D eigenvalue weighted by atomic mass is 9.94. The summed E-state index contributed by atoms with van der Waals surface area (Å²) in [4.78, 5) is 0. The average Bonchev–Trinajstić information content (AvgIpc) is 2.96. The summed E-state index contributed by atoms with van der Waals surface area (Å²) < 4.78 is 2.98. The van der Waals surface area contributed by atoms with Gasteiger partial charge in [0.1, 0.15) is 0 Å². The van der Waals surface area contributed by atoms with Crippen molar-refractivity contribution in [2.24, 2.45) is 5.92 Å². The van der Waals surface area contributed by atoms with Gasteiger partial charge in [-0.25, -0.2) is 0 Å². The molecule has 1 atom stereocenters. The summed E-state index contributed by atoms with van der Waals surface area (Å²) in [6, 6.07) is 23.4. The van der Waals surface area contributed by atoms with Crippen LogP contribution < -0.4 is 10.4 Å². The van der Waals surface area contributed by atoms with Gasteiger partial charge in [0.25, 0.3) is 0 Å². The number of hydrogen-bond acceptors (Lipinski definition) is 1. The topological polar surface area (TPSA) is 3.24 Å². The van der Waals surface area contributed by atoms with Gasteiger partial charge >= 0.3 is 0 Å². The molecule has 1 saturated carbocycles. The van der Waals surface area contributed by atoms with Crippen LogP contribution in [-0.2, 0) is 0 Å². The molecule has 2 aliphatic rings. The van der Waals surface area contributed by atoms with Crippen LogP contribution in [0.25, 0.3) is 0 Å². The third-order valence-electron chi connectivity index (χ3n) is 7.35. The van der Waals surface area contributed by atoms with Crippen molar-refractivity contribution in [1.82, 2.24) is 4.57 Å². The number of nitrogens with zero attached hydrogens (tertiary/aromatic N) is 1. The number of rotatable bonds is 5. The Morgan fingerprint density at radius 3 is 1.69 bits per heavy atom. The van der Waals surface area contributed by atoms with Gasteiger partial charge < -0.3 is 4.57 Å². The van der Waals surface area contributed by atoms with Crippen molar-refractivity contribution in [1.29, 1.82) is 0 Å². The molecular weight excluding hydrogens is 366 g/mol. The Bertz CT molecular complexity index is 851. The van der Waals surface area contributed by atoms with E-state index in [-0.39, 0.29) is 0 Å². The molecule has 1 fully saturated rings. The molecule has 29 heavy (non-hydrogen) atoms. The van der Waals surface area contributed by atoms with E-state index in [9.17, 15) is 0 Å². The molecule has 0 heterocycles. The molecule has 2 heteroatoms. The second kappa shape index (κ2) is 8.75. The molecule has 4 rings (SSSR count). The van der Waals surface area contributed by atoms with Gasteiger partial charge in [0.2, 0.25) is 8.96 Å². The molecule has 2 aliphatic carbocycles. The Labute approximate surface area is 178 Å². The van der Waals surface area contributed by atoms with Crippen molar-refractivity contribution >= 4 is 19.3 Å². The van der Waals surface area contributed by atoms with Crippen LogP contribution in [0.3, 0.4) is 0 Å². The van der Waals surface area contributed by atoms with E-state index in [0.717, 1.165) is 0 Å². The Balaban J connectivity index is 1.88. The van der Waals surface area contributed by atoms with Gasteiger partial charge in [0.15, 0.2) is 0 Å². The molecule has 1 nitrogen and oxygen atoms in total. The largest absolute Gasteiger partial charge is 0.392 e. The molecule has 0 spiro atoms. The van der Waals surface area contributed by atoms with Gasteiger partial charge in [-0.2, -0.15) is 0 Å². The molecule has 0 saturated heterocycles. The number of allylic oxidation sites excluding steroid dienone is 3. The Hall–Kier alpha value is -2.06. The van der Waals surface area contributed by atoms with Crippen molar-refractivity contribution < 1.29 is 0 Å². The summed E-state index contributed by atoms with van der Waals surface area (Å²) >= 11 is 0. The summed E-state index contributed by atoms with van der Waals surface area (Å²) in [7, 11) is -1.57. The highest BCUT2D eigenvalue weighted by Crippen LogP contribution is 2.41. The maximum absolute atomic E-state index is 2.98. The van der Waals surface area contributed by atoms with Crippen LogP contribution in [0.15, 0.2) is 83.1 Å². The van der Waals surface area contributed by atoms with E-state index in [0.29, 0.717) is 12.0 Å². The Morgan fingerprint density at radius 2 is 1.24 bits per heavy atom. The second-order valence-electron chi connectivity index (χ2n) is 8.96. The van der Waals surface area contributed by atoms with Gasteiger partial charge in [-0.15, -0.1) is 0 Å². The van der Waals surface area contributed by atoms with Crippen LogP contribution in [-0.4, -0.2) is 19.6 Å². The third kappa shape index (κ3) is 3.87. The first-order chi connectivity index (χ1) is 14.1. The minimum absolute atomic E-state index is 0.527. The summed E-state index contributed by atoms with van der Waals surface area (Å²) in [5, 5.41) is 3.08. The monoisotopic (exact) mass is 401 g/mol. The highest BCUT2D eigenvalue weighted by atomic mass is 28.3. The molecule has 0 aliphatic heterocycles. The van der Waals surface area contributed by atoms with E-state index in [1.54, 1.807) is 21.6 Å². The lowest BCUT2D eigenvalue weighted by molar-refractivity contribution is 0.282. The van der Waals surface area contributed by atoms with E-state index in [1.807, 2.05) is 0 Å². The van der Waals surface area contributed by atoms with Gasteiger partial charge in [-0.1, -0.05) is 92.4 Å². The van der Waals surface area contributed by atoms with E-state index >= 15 is 0 Å². The summed E-state index contributed by atoms with van der Waals surface area (Å²) in [6.07, 6.45) is 6.82. The third-order valence-corrected chi connectivity index (χ3v) is 10.6. The van der Waals surface area contributed by atoms with Crippen LogP contribution in [0, 0.1) is 5.92 Å². The normalized spacial score (nSPS) is 20.7. The first-order valence-corrected chi connectivity index (χ1v) is 13.0. The van der Waals surface area contributed by atoms with Crippen LogP contribution in [0.1, 0.15) is 59.8 Å². The SMILES string of the molecule is CC1=C(C)C(C)C(N(C2CCCCC2)[SiH](c2ccccc2)c2ccccc2)=C1C. The zero-order valence-electron chi connectivity index (χ0n) is 18.5. The highest BCUT2D eigenvalue weighted by Gasteiger charge is 2.38. The standard InChI is InChI=1S/C27H35NSi/c1-20-21(2)23(4)27(22(20)3)28(24-14-8-5-9-15-24)29(25-16-10-6-11-17-25)26-18-12-7-13-19-26/h6-7,10-13,16-19,22,24,29H,5,8-9,14-15H2,1-4H3. The predicted molar refractivity (Wildman–Crippen MR) is 128 cm³/mol. The van der Waals surface area contributed by atoms with Crippen molar-refractivity contribution in [3.8, 4) is 0 Å². The lowest BCUT2D eigenvalue weighted by Gasteiger charge is -2.45. The van der Waals surface area contributed by atoms with Crippen molar-refractivity contribution in [2.75, 3.05) is 0 Å². The van der Waals surface area contributed by atoms with Crippen LogP contribution >= 0.6 is 0 Å². The number of benzene rings is 2. The average molecular weight is 402 g/mol. The smallest absolute Gasteiger partial charge is 0.204 e. The molecule has 0 N–H and O–H groups in total. The molecule has 0 aromatic heterocycles. The molecule has 0 amide bonds. The molecule has 2 aromatic rings. The molecular formula is C27H35NSi. The first-order valence-electron chi connectivity index (χ1n) is 11.4. The zero-order chi connectivity index (χ0) is 20.4. The fourth-order valence-electron chi connectivity index (χ4n) is 5.45. The summed E-state index contributed by atoms with van der Waals surface area (Å²) in [6.45, 7) is 9.48. The van der Waals surface area contributed by atoms with Crippen LogP contribution in [0.5, 0.6) is 0 Å². The fraction of sp³-hybridized carbons (Fsp3) is 0.407. The van der Waals surface area contributed by atoms with E-state index in [2.05, 4.69) is 92.9 Å². The molecule has 0 radical (unpaired) electrons. The second-order valence-corrected chi connectivity index (χ2v) is 11.7. The van der Waals surface area contributed by atoms with Crippen molar-refractivity contribution in [2.45, 2.75) is 65.8 Å². The van der Waals surface area contributed by atoms with E-state index < -0.39 is 8.96 Å². The highest BCUT2D eigenvalue weighted by molar-refractivity contribution is 6.83. The maximum atomic E-state index is 2.98. The molecule has 0 bridgehead atoms. The van der Waals surface area contributed by atoms with Gasteiger partial charge in [0, 0.05) is 17.7 Å². The van der Waals surface area contributed by atoms with Crippen molar-refractivity contribution in [3.63, 3.8) is 0 Å². The quantitative estimate of drug-likeness (QED) is 0.605. The van der Waals surface area contributed by atoms with Crippen LogP contribution in [0.4, 0.5) is 0 Å².